The van der Waals surface area contributed by atoms with E-state index in [2.05, 4.69) is 20.7 Å². The van der Waals surface area contributed by atoms with Gasteiger partial charge in [0.1, 0.15) is 17.5 Å². The molecule has 0 bridgehead atoms. The van der Waals surface area contributed by atoms with E-state index in [4.69, 9.17) is 9.84 Å². The Labute approximate surface area is 223 Å². The van der Waals surface area contributed by atoms with Crippen molar-refractivity contribution in [2.45, 2.75) is 57.5 Å². The van der Waals surface area contributed by atoms with Crippen molar-refractivity contribution < 1.29 is 42.1 Å². The Kier molecular flexibility index (Phi) is 8.51. The van der Waals surface area contributed by atoms with Gasteiger partial charge in [0.2, 0.25) is 5.91 Å². The molecule has 12 heteroatoms. The lowest BCUT2D eigenvalue weighted by molar-refractivity contribution is -0.274. The zero-order valence-electron chi connectivity index (χ0n) is 21.3. The van der Waals surface area contributed by atoms with Crippen molar-refractivity contribution in [2.75, 3.05) is 18.4 Å². The molecule has 210 valence electrons. The molecule has 1 unspecified atom stereocenters. The molecule has 1 saturated carbocycles. The highest BCUT2D eigenvalue weighted by Gasteiger charge is 2.33. The Morgan fingerprint density at radius 3 is 2.36 bits per heavy atom. The zero-order chi connectivity index (χ0) is 28.2. The number of ether oxygens (including phenoxy) is 2. The maximum atomic E-state index is 12.6. The van der Waals surface area contributed by atoms with Crippen LogP contribution in [0.3, 0.4) is 0 Å². The summed E-state index contributed by atoms with van der Waals surface area (Å²) in [6, 6.07) is 8.37. The normalized spacial score (nSPS) is 20.4. The van der Waals surface area contributed by atoms with Gasteiger partial charge in [0, 0.05) is 30.8 Å². The number of benzene rings is 2. The molecule has 1 aliphatic heterocycles. The first-order chi connectivity index (χ1) is 18.5. The summed E-state index contributed by atoms with van der Waals surface area (Å²) in [5.74, 6) is -1.45. The fourth-order valence-corrected chi connectivity index (χ4v) is 4.86. The van der Waals surface area contributed by atoms with Crippen LogP contribution in [0.2, 0.25) is 0 Å². The number of carbonyl (C=O) groups is 3. The van der Waals surface area contributed by atoms with Gasteiger partial charge < -0.3 is 30.5 Å². The van der Waals surface area contributed by atoms with E-state index >= 15 is 0 Å². The van der Waals surface area contributed by atoms with Crippen molar-refractivity contribution >= 4 is 23.5 Å². The fraction of sp³-hybridized carbons (Fsp3) is 0.444. The van der Waals surface area contributed by atoms with Crippen LogP contribution in [0.15, 0.2) is 36.4 Å². The van der Waals surface area contributed by atoms with Gasteiger partial charge >= 0.3 is 12.3 Å². The molecule has 2 aromatic rings. The standard InChI is InChI=1S/C27H30F3N3O6/c1-15-12-19(38-18-4-2-16(3-5-18)26(36)37)6-8-21(15)24(34)31-10-11-32-25(35)23-14-17-13-20(39-27(28,29)30)7-9-22(17)33-23/h6-9,12-13,16,18,23,33H,2-5,10-11,14H2,1H3,(H,31,34)(H,32,35)(H,36,37). The number of hydrogen-bond acceptors (Lipinski definition) is 6. The average molecular weight is 550 g/mol. The number of nitrogens with one attached hydrogen (secondary N) is 3. The number of carbonyl (C=O) groups excluding carboxylic acids is 2. The highest BCUT2D eigenvalue weighted by molar-refractivity contribution is 5.95. The summed E-state index contributed by atoms with van der Waals surface area (Å²) in [5.41, 5.74) is 2.29. The van der Waals surface area contributed by atoms with Gasteiger partial charge in [-0.25, -0.2) is 0 Å². The van der Waals surface area contributed by atoms with Crippen LogP contribution in [0.1, 0.15) is 47.2 Å². The number of halogens is 3. The van der Waals surface area contributed by atoms with Gasteiger partial charge in [-0.3, -0.25) is 14.4 Å². The predicted molar refractivity (Wildman–Crippen MR) is 135 cm³/mol. The highest BCUT2D eigenvalue weighted by Crippen LogP contribution is 2.32. The summed E-state index contributed by atoms with van der Waals surface area (Å²) in [5, 5.41) is 17.6. The number of fused-ring (bicyclic) bond motifs is 1. The van der Waals surface area contributed by atoms with Crippen molar-refractivity contribution in [1.82, 2.24) is 10.6 Å². The van der Waals surface area contributed by atoms with Crippen LogP contribution in [0.5, 0.6) is 11.5 Å². The summed E-state index contributed by atoms with van der Waals surface area (Å²) in [7, 11) is 0. The van der Waals surface area contributed by atoms with Crippen LogP contribution in [0, 0.1) is 12.8 Å². The van der Waals surface area contributed by atoms with Crippen LogP contribution < -0.4 is 25.4 Å². The molecule has 1 fully saturated rings. The predicted octanol–water partition coefficient (Wildman–Crippen LogP) is 3.80. The lowest BCUT2D eigenvalue weighted by atomic mass is 9.87. The molecule has 1 atom stereocenters. The molecule has 0 spiro atoms. The van der Waals surface area contributed by atoms with Gasteiger partial charge in [-0.15, -0.1) is 13.2 Å². The molecule has 0 radical (unpaired) electrons. The molecule has 2 aromatic carbocycles. The summed E-state index contributed by atoms with van der Waals surface area (Å²) in [4.78, 5) is 36.2. The third kappa shape index (κ3) is 7.55. The van der Waals surface area contributed by atoms with Gasteiger partial charge in [0.05, 0.1) is 12.0 Å². The number of carboxylic acids is 1. The molecule has 39 heavy (non-hydrogen) atoms. The average Bonchev–Trinajstić information content (AvgIpc) is 3.29. The van der Waals surface area contributed by atoms with Crippen molar-refractivity contribution in [1.29, 1.82) is 0 Å². The first-order valence-electron chi connectivity index (χ1n) is 12.7. The quantitative estimate of drug-likeness (QED) is 0.351. The van der Waals surface area contributed by atoms with Crippen molar-refractivity contribution in [3.63, 3.8) is 0 Å². The summed E-state index contributed by atoms with van der Waals surface area (Å²) in [6.45, 7) is 2.14. The Morgan fingerprint density at radius 1 is 1.00 bits per heavy atom. The minimum absolute atomic E-state index is 0.0549. The maximum absolute atomic E-state index is 12.6. The zero-order valence-corrected chi connectivity index (χ0v) is 21.3. The smallest absolute Gasteiger partial charge is 0.490 e. The number of carboxylic acid groups (broad SMARTS) is 1. The summed E-state index contributed by atoms with van der Waals surface area (Å²) >= 11 is 0. The Balaban J connectivity index is 1.19. The second-order valence-electron chi connectivity index (χ2n) is 9.72. The highest BCUT2D eigenvalue weighted by atomic mass is 19.4. The van der Waals surface area contributed by atoms with Crippen molar-refractivity contribution in [2.24, 2.45) is 5.92 Å². The molecule has 4 N–H and O–H groups in total. The SMILES string of the molecule is Cc1cc(OC2CCC(C(=O)O)CC2)ccc1C(=O)NCCNC(=O)C1Cc2cc(OC(F)(F)F)ccc2N1. The minimum atomic E-state index is -4.79. The van der Waals surface area contributed by atoms with E-state index < -0.39 is 18.4 Å². The minimum Gasteiger partial charge on any atom is -0.490 e. The molecule has 4 rings (SSSR count). The number of aliphatic carboxylic acids is 1. The number of anilines is 1. The molecular formula is C27H30F3N3O6. The van der Waals surface area contributed by atoms with Crippen LogP contribution in [0.25, 0.3) is 0 Å². The second-order valence-corrected chi connectivity index (χ2v) is 9.72. The molecule has 2 aliphatic rings. The Morgan fingerprint density at radius 2 is 1.69 bits per heavy atom. The summed E-state index contributed by atoms with van der Waals surface area (Å²) in [6.07, 6.45) is -2.15. The van der Waals surface area contributed by atoms with Gasteiger partial charge in [-0.05, 0) is 80.1 Å². The van der Waals surface area contributed by atoms with Gasteiger partial charge in [-0.2, -0.15) is 0 Å². The van der Waals surface area contributed by atoms with Gasteiger partial charge in [0.15, 0.2) is 0 Å². The Bertz CT molecular complexity index is 1230. The molecule has 1 heterocycles. The second kappa shape index (κ2) is 11.8. The number of amides is 2. The van der Waals surface area contributed by atoms with Crippen LogP contribution in [-0.4, -0.2) is 54.5 Å². The molecule has 9 nitrogen and oxygen atoms in total. The molecule has 0 aromatic heterocycles. The molecular weight excluding hydrogens is 519 g/mol. The lowest BCUT2D eigenvalue weighted by Crippen LogP contribution is -2.42. The topological polar surface area (TPSA) is 126 Å². The maximum Gasteiger partial charge on any atom is 0.573 e. The Hall–Kier alpha value is -3.96. The number of hydrogen-bond donors (Lipinski definition) is 4. The van der Waals surface area contributed by atoms with Crippen LogP contribution in [-0.2, 0) is 16.0 Å². The largest absolute Gasteiger partial charge is 0.573 e. The van der Waals surface area contributed by atoms with Crippen LogP contribution in [0.4, 0.5) is 18.9 Å². The van der Waals surface area contributed by atoms with E-state index in [1.807, 2.05) is 0 Å². The van der Waals surface area contributed by atoms with E-state index in [0.717, 1.165) is 5.56 Å². The van der Waals surface area contributed by atoms with Crippen LogP contribution >= 0.6 is 0 Å². The monoisotopic (exact) mass is 549 g/mol. The van der Waals surface area contributed by atoms with Crippen molar-refractivity contribution in [3.8, 4) is 11.5 Å². The summed E-state index contributed by atoms with van der Waals surface area (Å²) < 4.78 is 47.2. The number of rotatable bonds is 9. The fourth-order valence-electron chi connectivity index (χ4n) is 4.86. The van der Waals surface area contributed by atoms with E-state index in [0.29, 0.717) is 48.2 Å². The number of aryl methyl sites for hydroxylation is 1. The van der Waals surface area contributed by atoms with Crippen molar-refractivity contribution in [3.05, 3.63) is 53.1 Å². The third-order valence-corrected chi connectivity index (χ3v) is 6.86. The van der Waals surface area contributed by atoms with E-state index in [-0.39, 0.29) is 49.1 Å². The number of alkyl halides is 3. The van der Waals surface area contributed by atoms with Gasteiger partial charge in [0.25, 0.3) is 5.91 Å². The van der Waals surface area contributed by atoms with E-state index in [1.165, 1.54) is 18.2 Å². The molecule has 1 aliphatic carbocycles. The first kappa shape index (κ1) is 28.1. The third-order valence-electron chi connectivity index (χ3n) is 6.86. The first-order valence-corrected chi connectivity index (χ1v) is 12.7. The van der Waals surface area contributed by atoms with Gasteiger partial charge in [-0.1, -0.05) is 0 Å². The lowest BCUT2D eigenvalue weighted by Gasteiger charge is -2.27. The molecule has 0 saturated heterocycles. The van der Waals surface area contributed by atoms with E-state index in [9.17, 15) is 27.6 Å². The van der Waals surface area contributed by atoms with E-state index in [1.54, 1.807) is 25.1 Å². The molecule has 2 amide bonds.